The van der Waals surface area contributed by atoms with Gasteiger partial charge in [-0.3, -0.25) is 37.3 Å². The summed E-state index contributed by atoms with van der Waals surface area (Å²) in [6.45, 7) is 9.56. The van der Waals surface area contributed by atoms with E-state index in [4.69, 9.17) is 37.0 Å². The summed E-state index contributed by atoms with van der Waals surface area (Å²) in [5.41, 5.74) is 0. The number of phosphoric acid groups is 2. The van der Waals surface area contributed by atoms with Gasteiger partial charge in [-0.05, 0) is 37.5 Å². The molecule has 0 aliphatic heterocycles. The van der Waals surface area contributed by atoms with E-state index >= 15 is 0 Å². The highest BCUT2D eigenvalue weighted by Gasteiger charge is 2.30. The molecule has 19 heteroatoms. The summed E-state index contributed by atoms with van der Waals surface area (Å²) in [7, 11) is -9.91. The second-order valence-corrected chi connectivity index (χ2v) is 32.0. The van der Waals surface area contributed by atoms with Gasteiger partial charge in [0.05, 0.1) is 26.4 Å². The van der Waals surface area contributed by atoms with E-state index in [1.807, 2.05) is 0 Å². The number of esters is 4. The minimum atomic E-state index is -4.96. The van der Waals surface area contributed by atoms with Gasteiger partial charge in [-0.1, -0.05) is 356 Å². The van der Waals surface area contributed by atoms with E-state index < -0.39 is 97.5 Å². The highest BCUT2D eigenvalue weighted by Crippen LogP contribution is 2.45. The molecule has 0 rings (SSSR count). The van der Waals surface area contributed by atoms with Gasteiger partial charge >= 0.3 is 39.5 Å². The molecule has 576 valence electrons. The Balaban J connectivity index is 5.23. The standard InChI is InChI=1S/C78H152O17P2/c1-7-9-11-13-15-17-19-21-23-25-29-33-37-41-48-54-60-75(80)88-66-73(94-77(82)63-57-51-43-39-35-31-27-28-32-36-40-46-52-58-70(3)4)68-92-96(84,85)90-64-72(79)65-91-97(86,87)93-69-74(67-89-76(81)61-55-49-45-44-47-53-59-71(5)6)95-78(83)62-56-50-42-38-34-30-26-24-22-20-18-16-14-12-10-8-2/h70-74,79H,7-69H2,1-6H3,(H,84,85)(H,86,87)/t72-,73-,74-/m1/s1. The van der Waals surface area contributed by atoms with Crippen LogP contribution in [-0.2, 0) is 65.4 Å². The zero-order valence-electron chi connectivity index (χ0n) is 63.4. The largest absolute Gasteiger partial charge is 0.472 e. The van der Waals surface area contributed by atoms with Crippen LogP contribution in [0.25, 0.3) is 0 Å². The molecule has 3 N–H and O–H groups in total. The number of aliphatic hydroxyl groups is 1. The Morgan fingerprint density at radius 1 is 0.278 bits per heavy atom. The molecule has 0 heterocycles. The number of carbonyl (C=O) groups excluding carboxylic acids is 4. The van der Waals surface area contributed by atoms with E-state index in [9.17, 15) is 43.2 Å². The normalized spacial score (nSPS) is 14.0. The molecular formula is C78H152O17P2. The maximum absolute atomic E-state index is 13.1. The second-order valence-electron chi connectivity index (χ2n) is 29.1. The molecule has 0 spiro atoms. The first-order valence-corrected chi connectivity index (χ1v) is 43.5. The van der Waals surface area contributed by atoms with Crippen molar-refractivity contribution in [1.29, 1.82) is 0 Å². The van der Waals surface area contributed by atoms with Crippen LogP contribution in [0.2, 0.25) is 0 Å². The Morgan fingerprint density at radius 3 is 0.701 bits per heavy atom. The lowest BCUT2D eigenvalue weighted by Gasteiger charge is -2.21. The molecule has 0 aromatic carbocycles. The van der Waals surface area contributed by atoms with Crippen LogP contribution in [0.5, 0.6) is 0 Å². The third-order valence-electron chi connectivity index (χ3n) is 18.2. The van der Waals surface area contributed by atoms with Crippen molar-refractivity contribution >= 4 is 39.5 Å². The lowest BCUT2D eigenvalue weighted by Crippen LogP contribution is -2.30. The monoisotopic (exact) mass is 1420 g/mol. The smallest absolute Gasteiger partial charge is 0.462 e. The van der Waals surface area contributed by atoms with Crippen molar-refractivity contribution < 1.29 is 80.2 Å². The molecule has 2 unspecified atom stereocenters. The van der Waals surface area contributed by atoms with Gasteiger partial charge in [0.2, 0.25) is 0 Å². The predicted molar refractivity (Wildman–Crippen MR) is 395 cm³/mol. The Hall–Kier alpha value is -1.94. The van der Waals surface area contributed by atoms with Crippen molar-refractivity contribution in [2.24, 2.45) is 11.8 Å². The summed E-state index contributed by atoms with van der Waals surface area (Å²) in [5, 5.41) is 10.6. The van der Waals surface area contributed by atoms with E-state index in [0.717, 1.165) is 102 Å². The summed E-state index contributed by atoms with van der Waals surface area (Å²) >= 11 is 0. The number of carbonyl (C=O) groups is 4. The Labute approximate surface area is 594 Å². The highest BCUT2D eigenvalue weighted by molar-refractivity contribution is 7.47. The average Bonchev–Trinajstić information content (AvgIpc) is 2.70. The summed E-state index contributed by atoms with van der Waals surface area (Å²) in [5.74, 6) is -0.647. The van der Waals surface area contributed by atoms with Gasteiger partial charge in [-0.25, -0.2) is 9.13 Å². The van der Waals surface area contributed by atoms with E-state index in [0.29, 0.717) is 31.6 Å². The fraction of sp³-hybridized carbons (Fsp3) is 0.949. The number of aliphatic hydroxyl groups excluding tert-OH is 1. The zero-order valence-corrected chi connectivity index (χ0v) is 65.2. The molecule has 0 radical (unpaired) electrons. The summed E-state index contributed by atoms with van der Waals surface area (Å²) in [4.78, 5) is 72.9. The Morgan fingerprint density at radius 2 is 0.474 bits per heavy atom. The van der Waals surface area contributed by atoms with Gasteiger partial charge in [0.25, 0.3) is 0 Å². The molecular weight excluding hydrogens is 1270 g/mol. The van der Waals surface area contributed by atoms with E-state index in [1.165, 1.54) is 218 Å². The summed E-state index contributed by atoms with van der Waals surface area (Å²) in [6, 6.07) is 0. The van der Waals surface area contributed by atoms with Gasteiger partial charge in [0.1, 0.15) is 19.3 Å². The molecule has 0 aliphatic carbocycles. The lowest BCUT2D eigenvalue weighted by molar-refractivity contribution is -0.161. The molecule has 0 aromatic heterocycles. The van der Waals surface area contributed by atoms with Gasteiger partial charge < -0.3 is 33.8 Å². The van der Waals surface area contributed by atoms with Crippen molar-refractivity contribution in [3.63, 3.8) is 0 Å². The SMILES string of the molecule is CCCCCCCCCCCCCCCCCCC(=O)OC[C@H](COP(=O)(O)OC[C@@H](O)COP(=O)(O)OC[C@@H](COC(=O)CCCCCCCCC(C)C)OC(=O)CCCCCCCCCCCCCCCCCC)OC(=O)CCCCCCCCCCCCCCCC(C)C. The first kappa shape index (κ1) is 95.1. The van der Waals surface area contributed by atoms with Crippen LogP contribution in [0, 0.1) is 11.8 Å². The van der Waals surface area contributed by atoms with Crippen LogP contribution in [0.4, 0.5) is 0 Å². The fourth-order valence-electron chi connectivity index (χ4n) is 12.0. The first-order valence-electron chi connectivity index (χ1n) is 40.5. The Bertz CT molecular complexity index is 1870. The second kappa shape index (κ2) is 69.8. The minimum Gasteiger partial charge on any atom is -0.462 e. The van der Waals surface area contributed by atoms with Crippen molar-refractivity contribution in [2.75, 3.05) is 39.6 Å². The molecule has 0 aliphatic rings. The van der Waals surface area contributed by atoms with Gasteiger partial charge in [0.15, 0.2) is 12.2 Å². The van der Waals surface area contributed by atoms with Crippen molar-refractivity contribution in [2.45, 2.75) is 426 Å². The van der Waals surface area contributed by atoms with Gasteiger partial charge in [-0.2, -0.15) is 0 Å². The van der Waals surface area contributed by atoms with Crippen LogP contribution in [0.1, 0.15) is 408 Å². The first-order chi connectivity index (χ1) is 46.9. The van der Waals surface area contributed by atoms with Crippen molar-refractivity contribution in [3.05, 3.63) is 0 Å². The molecule has 97 heavy (non-hydrogen) atoms. The molecule has 0 bridgehead atoms. The number of rotatable bonds is 77. The molecule has 0 saturated carbocycles. The van der Waals surface area contributed by atoms with E-state index in [2.05, 4.69) is 41.5 Å². The third kappa shape index (κ3) is 72.2. The fourth-order valence-corrected chi connectivity index (χ4v) is 13.6. The van der Waals surface area contributed by atoms with Crippen molar-refractivity contribution in [3.8, 4) is 0 Å². The maximum atomic E-state index is 13.1. The summed E-state index contributed by atoms with van der Waals surface area (Å²) in [6.07, 6.45) is 58.3. The van der Waals surface area contributed by atoms with Crippen LogP contribution >= 0.6 is 15.6 Å². The van der Waals surface area contributed by atoms with Crippen LogP contribution in [-0.4, -0.2) is 96.7 Å². The molecule has 0 saturated heterocycles. The third-order valence-corrected chi connectivity index (χ3v) is 20.1. The van der Waals surface area contributed by atoms with Crippen LogP contribution in [0.15, 0.2) is 0 Å². The van der Waals surface area contributed by atoms with E-state index in [-0.39, 0.29) is 25.7 Å². The zero-order chi connectivity index (χ0) is 71.4. The number of ether oxygens (including phenoxy) is 4. The van der Waals surface area contributed by atoms with Crippen molar-refractivity contribution in [1.82, 2.24) is 0 Å². The number of phosphoric ester groups is 2. The number of hydrogen-bond donors (Lipinski definition) is 3. The average molecular weight is 1420 g/mol. The van der Waals surface area contributed by atoms with Gasteiger partial charge in [-0.15, -0.1) is 0 Å². The number of hydrogen-bond acceptors (Lipinski definition) is 15. The lowest BCUT2D eigenvalue weighted by atomic mass is 10.0. The molecule has 0 amide bonds. The van der Waals surface area contributed by atoms with E-state index in [1.54, 1.807) is 0 Å². The van der Waals surface area contributed by atoms with Crippen LogP contribution in [0.3, 0.4) is 0 Å². The number of unbranched alkanes of at least 4 members (excludes halogenated alkanes) is 47. The Kier molecular flexibility index (Phi) is 68.4. The molecule has 5 atom stereocenters. The van der Waals surface area contributed by atoms with Crippen LogP contribution < -0.4 is 0 Å². The maximum Gasteiger partial charge on any atom is 0.472 e. The molecule has 17 nitrogen and oxygen atoms in total. The predicted octanol–water partition coefficient (Wildman–Crippen LogP) is 23.1. The quantitative estimate of drug-likeness (QED) is 0.0222. The molecule has 0 fully saturated rings. The highest BCUT2D eigenvalue weighted by atomic mass is 31.2. The summed E-state index contributed by atoms with van der Waals surface area (Å²) < 4.78 is 68.6. The molecule has 0 aromatic rings. The van der Waals surface area contributed by atoms with Gasteiger partial charge in [0, 0.05) is 25.7 Å². The topological polar surface area (TPSA) is 237 Å². The minimum absolute atomic E-state index is 0.107.